The van der Waals surface area contributed by atoms with Gasteiger partial charge in [-0.2, -0.15) is 4.98 Å². The summed E-state index contributed by atoms with van der Waals surface area (Å²) in [7, 11) is 1.59. The molecule has 6 nitrogen and oxygen atoms in total. The van der Waals surface area contributed by atoms with Crippen LogP contribution in [0.1, 0.15) is 25.6 Å². The second kappa shape index (κ2) is 5.77. The Kier molecular flexibility index (Phi) is 3.99. The van der Waals surface area contributed by atoms with Crippen LogP contribution in [0, 0.1) is 0 Å². The summed E-state index contributed by atoms with van der Waals surface area (Å²) >= 11 is 5.91. The highest BCUT2D eigenvalue weighted by Crippen LogP contribution is 2.30. The molecule has 0 amide bonds. The van der Waals surface area contributed by atoms with Gasteiger partial charge in [0.25, 0.3) is 0 Å². The molecule has 1 fully saturated rings. The average molecular weight is 311 g/mol. The third-order valence-electron chi connectivity index (χ3n) is 3.88. The first-order valence-corrected chi connectivity index (χ1v) is 7.64. The predicted molar refractivity (Wildman–Crippen MR) is 79.9 cm³/mol. The Morgan fingerprint density at radius 1 is 1.48 bits per heavy atom. The van der Waals surface area contributed by atoms with Gasteiger partial charge in [-0.05, 0) is 19.8 Å². The van der Waals surface area contributed by atoms with Crippen molar-refractivity contribution in [2.45, 2.75) is 38.3 Å². The summed E-state index contributed by atoms with van der Waals surface area (Å²) in [6.45, 7) is 3.66. The van der Waals surface area contributed by atoms with Crippen LogP contribution in [-0.2, 0) is 17.7 Å². The molecule has 0 aromatic carbocycles. The van der Waals surface area contributed by atoms with Crippen LogP contribution in [-0.4, -0.2) is 44.7 Å². The number of hydrogen-bond donors (Lipinski definition) is 0. The lowest BCUT2D eigenvalue weighted by Crippen LogP contribution is -2.30. The summed E-state index contributed by atoms with van der Waals surface area (Å²) in [6.07, 6.45) is 4.31. The highest BCUT2D eigenvalue weighted by molar-refractivity contribution is 6.17. The molecule has 1 saturated heterocycles. The highest BCUT2D eigenvalue weighted by atomic mass is 35.5. The number of halogens is 1. The molecule has 0 bridgehead atoms. The van der Waals surface area contributed by atoms with Crippen LogP contribution >= 0.6 is 11.6 Å². The zero-order valence-corrected chi connectivity index (χ0v) is 13.1. The van der Waals surface area contributed by atoms with E-state index in [0.717, 1.165) is 37.5 Å². The maximum absolute atomic E-state index is 5.91. The quantitative estimate of drug-likeness (QED) is 0.792. The summed E-state index contributed by atoms with van der Waals surface area (Å²) < 4.78 is 13.3. The molecule has 0 N–H and O–H groups in total. The second-order valence-corrected chi connectivity index (χ2v) is 5.89. The standard InChI is InChI=1S/C14H19ClN4O2/c1-14(5-3-7-21-14)8-19-10(4-6-15)18-11-12(19)16-9-17-13(11)20-2/h9H,3-8H2,1-2H3. The van der Waals surface area contributed by atoms with Crippen LogP contribution in [0.25, 0.3) is 11.2 Å². The van der Waals surface area contributed by atoms with E-state index in [2.05, 4.69) is 26.4 Å². The van der Waals surface area contributed by atoms with E-state index >= 15 is 0 Å². The lowest BCUT2D eigenvalue weighted by atomic mass is 10.0. The summed E-state index contributed by atoms with van der Waals surface area (Å²) in [5.74, 6) is 1.90. The van der Waals surface area contributed by atoms with Crippen LogP contribution in [0.5, 0.6) is 5.88 Å². The van der Waals surface area contributed by atoms with Crippen LogP contribution in [0.4, 0.5) is 0 Å². The van der Waals surface area contributed by atoms with E-state index < -0.39 is 0 Å². The van der Waals surface area contributed by atoms with E-state index in [1.54, 1.807) is 7.11 Å². The number of alkyl halides is 1. The Morgan fingerprint density at radius 2 is 2.33 bits per heavy atom. The van der Waals surface area contributed by atoms with E-state index in [1.807, 2.05) is 0 Å². The number of nitrogens with zero attached hydrogens (tertiary/aromatic N) is 4. The minimum atomic E-state index is -0.174. The monoisotopic (exact) mass is 310 g/mol. The smallest absolute Gasteiger partial charge is 0.245 e. The van der Waals surface area contributed by atoms with Crippen molar-refractivity contribution in [3.05, 3.63) is 12.2 Å². The normalized spacial score (nSPS) is 22.0. The molecule has 2 aromatic rings. The van der Waals surface area contributed by atoms with Gasteiger partial charge in [0, 0.05) is 18.9 Å². The van der Waals surface area contributed by atoms with Crippen molar-refractivity contribution >= 4 is 22.8 Å². The lowest BCUT2D eigenvalue weighted by molar-refractivity contribution is 0.00641. The molecule has 0 aliphatic carbocycles. The predicted octanol–water partition coefficient (Wildman–Crippen LogP) is 2.19. The van der Waals surface area contributed by atoms with Gasteiger partial charge < -0.3 is 14.0 Å². The molecule has 2 aromatic heterocycles. The lowest BCUT2D eigenvalue weighted by Gasteiger charge is -2.24. The van der Waals surface area contributed by atoms with Gasteiger partial charge in [-0.1, -0.05) is 0 Å². The Bertz CT molecular complexity index is 637. The molecule has 7 heteroatoms. The van der Waals surface area contributed by atoms with Gasteiger partial charge in [0.05, 0.1) is 19.3 Å². The molecule has 3 rings (SSSR count). The van der Waals surface area contributed by atoms with Crippen molar-refractivity contribution < 1.29 is 9.47 Å². The topological polar surface area (TPSA) is 62.1 Å². The van der Waals surface area contributed by atoms with Gasteiger partial charge >= 0.3 is 0 Å². The number of methoxy groups -OCH3 is 1. The fraction of sp³-hybridized carbons (Fsp3) is 0.643. The van der Waals surface area contributed by atoms with Gasteiger partial charge in [0.15, 0.2) is 11.2 Å². The summed E-state index contributed by atoms with van der Waals surface area (Å²) in [6, 6.07) is 0. The molecule has 0 spiro atoms. The van der Waals surface area contributed by atoms with Gasteiger partial charge in [0.1, 0.15) is 12.2 Å². The van der Waals surface area contributed by atoms with Crippen LogP contribution < -0.4 is 4.74 Å². The number of ether oxygens (including phenoxy) is 2. The van der Waals surface area contributed by atoms with Crippen molar-refractivity contribution in [3.63, 3.8) is 0 Å². The maximum atomic E-state index is 5.91. The number of aromatic nitrogens is 4. The average Bonchev–Trinajstić information content (AvgIpc) is 3.05. The Labute approximate surface area is 128 Å². The zero-order chi connectivity index (χ0) is 14.9. The van der Waals surface area contributed by atoms with Crippen molar-refractivity contribution in [2.75, 3.05) is 19.6 Å². The van der Waals surface area contributed by atoms with Gasteiger partial charge in [-0.3, -0.25) is 0 Å². The summed E-state index contributed by atoms with van der Waals surface area (Å²) in [5.41, 5.74) is 1.28. The van der Waals surface area contributed by atoms with Crippen molar-refractivity contribution in [2.24, 2.45) is 0 Å². The molecule has 0 radical (unpaired) electrons. The molecule has 114 valence electrons. The SMILES string of the molecule is COc1ncnc2c1nc(CCCl)n2CC1(C)CCCO1. The first-order valence-electron chi connectivity index (χ1n) is 7.11. The van der Waals surface area contributed by atoms with E-state index in [1.165, 1.54) is 6.33 Å². The third-order valence-corrected chi connectivity index (χ3v) is 4.07. The second-order valence-electron chi connectivity index (χ2n) is 5.51. The number of hydrogen-bond acceptors (Lipinski definition) is 5. The summed E-state index contributed by atoms with van der Waals surface area (Å²) in [5, 5.41) is 0. The third kappa shape index (κ3) is 2.70. The molecule has 1 atom stereocenters. The molecule has 21 heavy (non-hydrogen) atoms. The van der Waals surface area contributed by atoms with Gasteiger partial charge in [-0.25, -0.2) is 9.97 Å². The molecular formula is C14H19ClN4O2. The fourth-order valence-corrected chi connectivity index (χ4v) is 3.02. The molecule has 0 saturated carbocycles. The summed E-state index contributed by atoms with van der Waals surface area (Å²) in [4.78, 5) is 13.1. The fourth-order valence-electron chi connectivity index (χ4n) is 2.85. The van der Waals surface area contributed by atoms with Crippen molar-refractivity contribution in [1.29, 1.82) is 0 Å². The van der Waals surface area contributed by atoms with E-state index in [-0.39, 0.29) is 5.60 Å². The molecule has 1 aliphatic heterocycles. The van der Waals surface area contributed by atoms with Crippen LogP contribution in [0.2, 0.25) is 0 Å². The van der Waals surface area contributed by atoms with E-state index in [0.29, 0.717) is 23.7 Å². The minimum absolute atomic E-state index is 0.174. The first kappa shape index (κ1) is 14.5. The Morgan fingerprint density at radius 3 is 3.00 bits per heavy atom. The van der Waals surface area contributed by atoms with Crippen LogP contribution in [0.15, 0.2) is 6.33 Å². The molecule has 3 heterocycles. The molecular weight excluding hydrogens is 292 g/mol. The largest absolute Gasteiger partial charge is 0.479 e. The Balaban J connectivity index is 2.07. The number of aryl methyl sites for hydroxylation is 1. The van der Waals surface area contributed by atoms with E-state index in [9.17, 15) is 0 Å². The van der Waals surface area contributed by atoms with Crippen molar-refractivity contribution in [1.82, 2.24) is 19.5 Å². The maximum Gasteiger partial charge on any atom is 0.245 e. The minimum Gasteiger partial charge on any atom is -0.479 e. The highest BCUT2D eigenvalue weighted by Gasteiger charge is 2.32. The zero-order valence-electron chi connectivity index (χ0n) is 12.3. The molecule has 1 unspecified atom stereocenters. The van der Waals surface area contributed by atoms with Crippen LogP contribution in [0.3, 0.4) is 0 Å². The number of fused-ring (bicyclic) bond motifs is 1. The number of rotatable bonds is 5. The van der Waals surface area contributed by atoms with E-state index in [4.69, 9.17) is 21.1 Å². The van der Waals surface area contributed by atoms with Crippen molar-refractivity contribution in [3.8, 4) is 5.88 Å². The van der Waals surface area contributed by atoms with Gasteiger partial charge in [-0.15, -0.1) is 11.6 Å². The Hall–Kier alpha value is -1.40. The first-order chi connectivity index (χ1) is 10.2. The van der Waals surface area contributed by atoms with Gasteiger partial charge in [0.2, 0.25) is 5.88 Å². The molecule has 1 aliphatic rings. The number of imidazole rings is 1.